The van der Waals surface area contributed by atoms with Crippen LogP contribution in [0.2, 0.25) is 0 Å². The summed E-state index contributed by atoms with van der Waals surface area (Å²) in [6, 6.07) is 10.6. The van der Waals surface area contributed by atoms with Gasteiger partial charge in [-0.2, -0.15) is 8.42 Å². The van der Waals surface area contributed by atoms with Crippen LogP contribution in [-0.4, -0.2) is 42.5 Å². The normalized spacial score (nSPS) is 11.3. The molecule has 0 saturated heterocycles. The quantitative estimate of drug-likeness (QED) is 0.523. The van der Waals surface area contributed by atoms with Crippen molar-refractivity contribution >= 4 is 50.4 Å². The van der Waals surface area contributed by atoms with Crippen molar-refractivity contribution in [3.05, 3.63) is 42.0 Å². The number of unbranched alkanes of at least 4 members (excludes halogenated alkanes) is 2. The van der Waals surface area contributed by atoms with Crippen LogP contribution < -0.4 is 0 Å². The van der Waals surface area contributed by atoms with E-state index in [0.29, 0.717) is 5.39 Å². The molecule has 0 aliphatic carbocycles. The van der Waals surface area contributed by atoms with Gasteiger partial charge in [0, 0.05) is 34.9 Å². The third-order valence-corrected chi connectivity index (χ3v) is 4.21. The molecule has 20 heavy (non-hydrogen) atoms. The molecule has 2 aromatic rings. The molecule has 1 radical (unpaired) electrons. The zero-order valence-electron chi connectivity index (χ0n) is 12.0. The first-order valence-corrected chi connectivity index (χ1v) is 7.96. The summed E-state index contributed by atoms with van der Waals surface area (Å²) in [7, 11) is -4.17. The van der Waals surface area contributed by atoms with Gasteiger partial charge in [0.15, 0.2) is 0 Å². The van der Waals surface area contributed by atoms with Gasteiger partial charge in [-0.3, -0.25) is 4.55 Å². The van der Waals surface area contributed by atoms with Gasteiger partial charge >= 0.3 is 0 Å². The van der Waals surface area contributed by atoms with Crippen molar-refractivity contribution in [1.29, 1.82) is 0 Å². The average Bonchev–Trinajstić information content (AvgIpc) is 2.37. The van der Waals surface area contributed by atoms with Crippen LogP contribution in [0.3, 0.4) is 0 Å². The van der Waals surface area contributed by atoms with Crippen molar-refractivity contribution in [3.8, 4) is 0 Å². The van der Waals surface area contributed by atoms with E-state index in [9.17, 15) is 13.0 Å². The molecule has 0 saturated carbocycles. The summed E-state index contributed by atoms with van der Waals surface area (Å²) in [5.74, 6) is 0. The fourth-order valence-electron chi connectivity index (χ4n) is 2.35. The van der Waals surface area contributed by atoms with Gasteiger partial charge in [0.2, 0.25) is 0 Å². The Labute approximate surface area is 142 Å². The van der Waals surface area contributed by atoms with Crippen molar-refractivity contribution in [2.45, 2.75) is 37.5 Å². The molecule has 0 spiro atoms. The number of rotatable bonds is 5. The molecule has 0 aliphatic heterocycles. The molecule has 0 atom stereocenters. The molecular formula is C15H18NaO3S. The summed E-state index contributed by atoms with van der Waals surface area (Å²) >= 11 is 0. The second-order valence-electron chi connectivity index (χ2n) is 4.70. The Hall–Kier alpha value is -0.390. The molecule has 0 bridgehead atoms. The molecule has 2 aromatic carbocycles. The second kappa shape index (κ2) is 7.57. The summed E-state index contributed by atoms with van der Waals surface area (Å²) in [5.41, 5.74) is 1.14. The van der Waals surface area contributed by atoms with Crippen molar-refractivity contribution in [3.63, 3.8) is 0 Å². The van der Waals surface area contributed by atoms with E-state index in [1.165, 1.54) is 6.07 Å². The molecule has 0 unspecified atom stereocenters. The first kappa shape index (κ1) is 17.7. The molecule has 0 aliphatic rings. The molecule has 5 heteroatoms. The Morgan fingerprint density at radius 1 is 1.00 bits per heavy atom. The monoisotopic (exact) mass is 301 g/mol. The number of aryl methyl sites for hydroxylation is 1. The van der Waals surface area contributed by atoms with Crippen LogP contribution in [-0.2, 0) is 16.5 Å². The van der Waals surface area contributed by atoms with Crippen molar-refractivity contribution < 1.29 is 13.0 Å². The maximum atomic E-state index is 11.4. The van der Waals surface area contributed by atoms with Gasteiger partial charge in [-0.15, -0.1) is 0 Å². The molecule has 1 N–H and O–H groups in total. The predicted octanol–water partition coefficient (Wildman–Crippen LogP) is 3.44. The van der Waals surface area contributed by atoms with E-state index in [4.69, 9.17) is 0 Å². The van der Waals surface area contributed by atoms with Crippen LogP contribution in [0.1, 0.15) is 31.7 Å². The number of benzene rings is 2. The molecule has 103 valence electrons. The van der Waals surface area contributed by atoms with Gasteiger partial charge in [-0.05, 0) is 29.9 Å². The summed E-state index contributed by atoms with van der Waals surface area (Å²) < 4.78 is 32.0. The predicted molar refractivity (Wildman–Crippen MR) is 82.7 cm³/mol. The van der Waals surface area contributed by atoms with Crippen LogP contribution in [0.5, 0.6) is 0 Å². The Morgan fingerprint density at radius 3 is 2.30 bits per heavy atom. The minimum absolute atomic E-state index is 0. The Bertz CT molecular complexity index is 681. The summed E-state index contributed by atoms with van der Waals surface area (Å²) in [6.07, 6.45) is 4.33. The maximum absolute atomic E-state index is 11.4. The fourth-order valence-corrected chi connectivity index (χ4v) is 3.06. The van der Waals surface area contributed by atoms with Crippen LogP contribution in [0.25, 0.3) is 10.8 Å². The van der Waals surface area contributed by atoms with E-state index in [0.717, 1.165) is 36.6 Å². The number of hydrogen-bond acceptors (Lipinski definition) is 2. The Kier molecular flexibility index (Phi) is 6.69. The minimum Gasteiger partial charge on any atom is -0.282 e. The molecule has 2 rings (SSSR count). The van der Waals surface area contributed by atoms with E-state index in [1.54, 1.807) is 12.1 Å². The SMILES string of the molecule is CCCCCc1cccc2c(S(=O)(=O)O)cccc12.[Na]. The molecule has 0 aromatic heterocycles. The van der Waals surface area contributed by atoms with Gasteiger partial charge < -0.3 is 0 Å². The first-order valence-electron chi connectivity index (χ1n) is 6.52. The minimum atomic E-state index is -4.17. The largest absolute Gasteiger partial charge is 0.295 e. The topological polar surface area (TPSA) is 54.4 Å². The smallest absolute Gasteiger partial charge is 0.282 e. The summed E-state index contributed by atoms with van der Waals surface area (Å²) in [6.45, 7) is 2.15. The second-order valence-corrected chi connectivity index (χ2v) is 6.09. The van der Waals surface area contributed by atoms with Crippen molar-refractivity contribution in [2.75, 3.05) is 0 Å². The molecule has 0 amide bonds. The maximum Gasteiger partial charge on any atom is 0.295 e. The zero-order chi connectivity index (χ0) is 13.9. The third-order valence-electron chi connectivity index (χ3n) is 3.30. The standard InChI is InChI=1S/C15H18O3S.Na/c1-2-3-4-7-12-8-5-10-14-13(12)9-6-11-15(14)19(16,17)18;/h5-6,8-11H,2-4,7H2,1H3,(H,16,17,18);. The van der Waals surface area contributed by atoms with E-state index in [1.807, 2.05) is 18.2 Å². The summed E-state index contributed by atoms with van der Waals surface area (Å²) in [4.78, 5) is -0.0117. The third kappa shape index (κ3) is 4.06. The molecular weight excluding hydrogens is 283 g/mol. The van der Waals surface area contributed by atoms with Gasteiger partial charge in [0.05, 0.1) is 0 Å². The summed E-state index contributed by atoms with van der Waals surface area (Å²) in [5, 5.41) is 1.51. The van der Waals surface area contributed by atoms with Gasteiger partial charge in [0.1, 0.15) is 4.90 Å². The van der Waals surface area contributed by atoms with Gasteiger partial charge in [0.25, 0.3) is 10.1 Å². The first-order chi connectivity index (χ1) is 9.04. The molecule has 3 nitrogen and oxygen atoms in total. The van der Waals surface area contributed by atoms with Crippen LogP contribution >= 0.6 is 0 Å². The number of hydrogen-bond donors (Lipinski definition) is 1. The van der Waals surface area contributed by atoms with E-state index < -0.39 is 10.1 Å². The van der Waals surface area contributed by atoms with E-state index in [2.05, 4.69) is 6.92 Å². The molecule has 0 fully saturated rings. The van der Waals surface area contributed by atoms with Gasteiger partial charge in [-0.1, -0.05) is 50.1 Å². The van der Waals surface area contributed by atoms with Crippen LogP contribution in [0.15, 0.2) is 41.3 Å². The zero-order valence-corrected chi connectivity index (χ0v) is 14.8. The van der Waals surface area contributed by atoms with Crippen molar-refractivity contribution in [1.82, 2.24) is 0 Å². The van der Waals surface area contributed by atoms with Crippen molar-refractivity contribution in [2.24, 2.45) is 0 Å². The Balaban J connectivity index is 0.00000200. The van der Waals surface area contributed by atoms with E-state index >= 15 is 0 Å². The Morgan fingerprint density at radius 2 is 1.65 bits per heavy atom. The average molecular weight is 301 g/mol. The van der Waals surface area contributed by atoms with E-state index in [-0.39, 0.29) is 34.5 Å². The van der Waals surface area contributed by atoms with Crippen LogP contribution in [0, 0.1) is 0 Å². The molecule has 0 heterocycles. The fraction of sp³-hybridized carbons (Fsp3) is 0.333. The van der Waals surface area contributed by atoms with Gasteiger partial charge in [-0.25, -0.2) is 0 Å². The van der Waals surface area contributed by atoms with Crippen LogP contribution in [0.4, 0.5) is 0 Å². The number of fused-ring (bicyclic) bond motifs is 1.